The molecule has 0 radical (unpaired) electrons. The molecular weight excluding hydrogens is 307 g/mol. The first-order valence-corrected chi connectivity index (χ1v) is 7.24. The van der Waals surface area contributed by atoms with E-state index >= 15 is 0 Å². The van der Waals surface area contributed by atoms with Crippen molar-refractivity contribution in [1.82, 2.24) is 0 Å². The number of halogens is 1. The summed E-state index contributed by atoms with van der Waals surface area (Å²) >= 11 is 2.41. The van der Waals surface area contributed by atoms with Crippen molar-refractivity contribution in [2.45, 2.75) is 44.6 Å². The molecule has 3 nitrogen and oxygen atoms in total. The Morgan fingerprint density at radius 2 is 1.60 bits per heavy atom. The maximum atomic E-state index is 5.95. The molecule has 1 unspecified atom stereocenters. The molecule has 1 saturated heterocycles. The molecule has 0 aliphatic carbocycles. The normalized spacial score (nSPS) is 31.6. The van der Waals surface area contributed by atoms with E-state index in [-0.39, 0.29) is 5.60 Å². The zero-order valence-electron chi connectivity index (χ0n) is 9.47. The molecule has 1 atom stereocenters. The van der Waals surface area contributed by atoms with Crippen molar-refractivity contribution < 1.29 is 14.5 Å². The lowest BCUT2D eigenvalue weighted by atomic mass is 10.0. The summed E-state index contributed by atoms with van der Waals surface area (Å²) in [6, 6.07) is 0. The summed E-state index contributed by atoms with van der Waals surface area (Å²) in [6.07, 6.45) is 5.37. The number of hydrogen-bond acceptors (Lipinski definition) is 3. The lowest BCUT2D eigenvalue weighted by molar-refractivity contribution is -0.296. The third-order valence-corrected chi connectivity index (χ3v) is 4.24. The fourth-order valence-electron chi connectivity index (χ4n) is 1.54. The average molecular weight is 328 g/mol. The van der Waals surface area contributed by atoms with Gasteiger partial charge in [-0.3, -0.25) is 0 Å². The summed E-state index contributed by atoms with van der Waals surface area (Å²) in [4.78, 5) is 10.1. The van der Waals surface area contributed by atoms with Crippen LogP contribution in [0.25, 0.3) is 0 Å². The first-order chi connectivity index (χ1) is 7.27. The van der Waals surface area contributed by atoms with Crippen LogP contribution in [0.1, 0.15) is 39.0 Å². The van der Waals surface area contributed by atoms with Crippen molar-refractivity contribution >= 4 is 22.6 Å². The van der Waals surface area contributed by atoms with Gasteiger partial charge >= 0.3 is 0 Å². The number of ether oxygens (including phenoxy) is 1. The van der Waals surface area contributed by atoms with E-state index in [2.05, 4.69) is 29.5 Å². The van der Waals surface area contributed by atoms with E-state index in [0.29, 0.717) is 13.2 Å². The maximum absolute atomic E-state index is 5.95. The highest BCUT2D eigenvalue weighted by Gasteiger charge is 2.22. The Bertz CT molecular complexity index is 152. The van der Waals surface area contributed by atoms with E-state index in [1.165, 1.54) is 0 Å². The predicted octanol–water partition coefficient (Wildman–Crippen LogP) is 3.11. The Morgan fingerprint density at radius 1 is 1.00 bits per heavy atom. The molecule has 1 heterocycles. The second-order valence-corrected chi connectivity index (χ2v) is 5.00. The number of alkyl halides is 1. The number of hydrogen-bond donors (Lipinski definition) is 0. The SMILES string of the molecule is CC1(CI)CCCCOOCCCCO1. The predicted molar refractivity (Wildman–Crippen MR) is 68.2 cm³/mol. The van der Waals surface area contributed by atoms with E-state index < -0.39 is 0 Å². The maximum Gasteiger partial charge on any atom is 0.0823 e. The van der Waals surface area contributed by atoms with Crippen LogP contribution in [-0.4, -0.2) is 29.8 Å². The summed E-state index contributed by atoms with van der Waals surface area (Å²) in [7, 11) is 0. The van der Waals surface area contributed by atoms with Crippen molar-refractivity contribution in [3.63, 3.8) is 0 Å². The topological polar surface area (TPSA) is 27.7 Å². The number of rotatable bonds is 1. The lowest BCUT2D eigenvalue weighted by Crippen LogP contribution is -2.31. The van der Waals surface area contributed by atoms with Gasteiger partial charge in [0.15, 0.2) is 0 Å². The summed E-state index contributed by atoms with van der Waals surface area (Å²) in [6.45, 7) is 4.44. The fourth-order valence-corrected chi connectivity index (χ4v) is 2.14. The minimum absolute atomic E-state index is 0.0562. The molecule has 0 spiro atoms. The van der Waals surface area contributed by atoms with Gasteiger partial charge in [0.2, 0.25) is 0 Å². The van der Waals surface area contributed by atoms with Crippen LogP contribution in [0.5, 0.6) is 0 Å². The van der Waals surface area contributed by atoms with E-state index in [0.717, 1.165) is 43.1 Å². The summed E-state index contributed by atoms with van der Waals surface area (Å²) in [5.74, 6) is 0. The molecule has 0 aromatic heterocycles. The molecule has 4 heteroatoms. The Balaban J connectivity index is 2.32. The van der Waals surface area contributed by atoms with Crippen LogP contribution < -0.4 is 0 Å². The van der Waals surface area contributed by atoms with Gasteiger partial charge in [-0.1, -0.05) is 22.6 Å². The Labute approximate surface area is 106 Å². The highest BCUT2D eigenvalue weighted by Crippen LogP contribution is 2.22. The second-order valence-electron chi connectivity index (χ2n) is 4.24. The van der Waals surface area contributed by atoms with Crippen molar-refractivity contribution in [2.24, 2.45) is 0 Å². The molecule has 0 saturated carbocycles. The van der Waals surface area contributed by atoms with Crippen molar-refractivity contribution in [1.29, 1.82) is 0 Å². The third kappa shape index (κ3) is 6.04. The van der Waals surface area contributed by atoms with Crippen molar-refractivity contribution in [3.05, 3.63) is 0 Å². The molecule has 1 aliphatic rings. The molecule has 0 bridgehead atoms. The minimum Gasteiger partial charge on any atom is -0.374 e. The van der Waals surface area contributed by atoms with Crippen LogP contribution in [-0.2, 0) is 14.5 Å². The monoisotopic (exact) mass is 328 g/mol. The zero-order chi connectivity index (χ0) is 11.0. The smallest absolute Gasteiger partial charge is 0.0823 e. The highest BCUT2D eigenvalue weighted by atomic mass is 127. The van der Waals surface area contributed by atoms with Crippen molar-refractivity contribution in [3.8, 4) is 0 Å². The molecule has 0 aromatic rings. The average Bonchev–Trinajstić information content (AvgIpc) is 2.23. The van der Waals surface area contributed by atoms with Crippen LogP contribution in [0.3, 0.4) is 0 Å². The van der Waals surface area contributed by atoms with Crippen LogP contribution in [0.2, 0.25) is 0 Å². The first-order valence-electron chi connectivity index (χ1n) is 5.71. The molecule has 0 amide bonds. The molecule has 1 fully saturated rings. The fraction of sp³-hybridized carbons (Fsp3) is 1.00. The summed E-state index contributed by atoms with van der Waals surface area (Å²) < 4.78 is 7.01. The molecule has 0 aromatic carbocycles. The Kier molecular flexibility index (Phi) is 7.12. The highest BCUT2D eigenvalue weighted by molar-refractivity contribution is 14.1. The van der Waals surface area contributed by atoms with Gasteiger partial charge in [-0.25, -0.2) is 9.78 Å². The Hall–Kier alpha value is 0.610. The first kappa shape index (κ1) is 13.7. The molecule has 0 N–H and O–H groups in total. The lowest BCUT2D eigenvalue weighted by Gasteiger charge is -2.28. The van der Waals surface area contributed by atoms with Crippen LogP contribution in [0.4, 0.5) is 0 Å². The van der Waals surface area contributed by atoms with E-state index in [1.807, 2.05) is 0 Å². The van der Waals surface area contributed by atoms with Crippen LogP contribution >= 0.6 is 22.6 Å². The molecule has 1 rings (SSSR count). The second kappa shape index (κ2) is 7.81. The van der Waals surface area contributed by atoms with E-state index in [4.69, 9.17) is 14.5 Å². The summed E-state index contributed by atoms with van der Waals surface area (Å²) in [5, 5.41) is 0. The van der Waals surface area contributed by atoms with Gasteiger partial charge in [0.05, 0.1) is 18.8 Å². The molecular formula is C11H21IO3. The van der Waals surface area contributed by atoms with Crippen LogP contribution in [0.15, 0.2) is 0 Å². The van der Waals surface area contributed by atoms with Gasteiger partial charge in [-0.15, -0.1) is 0 Å². The zero-order valence-corrected chi connectivity index (χ0v) is 11.6. The van der Waals surface area contributed by atoms with Crippen LogP contribution in [0, 0.1) is 0 Å². The van der Waals surface area contributed by atoms with E-state index in [1.54, 1.807) is 0 Å². The standard InChI is InChI=1S/C11H21IO3/c1-11(10-12)6-2-3-8-14-15-9-5-4-7-13-11/h2-10H2,1H3. The van der Waals surface area contributed by atoms with Gasteiger partial charge in [-0.2, -0.15) is 0 Å². The molecule has 90 valence electrons. The molecule has 1 aliphatic heterocycles. The Morgan fingerprint density at radius 3 is 2.27 bits per heavy atom. The van der Waals surface area contributed by atoms with Gasteiger partial charge in [-0.05, 0) is 39.0 Å². The summed E-state index contributed by atoms with van der Waals surface area (Å²) in [5.41, 5.74) is 0.0562. The molecule has 15 heavy (non-hydrogen) atoms. The quantitative estimate of drug-likeness (QED) is 0.421. The third-order valence-electron chi connectivity index (χ3n) is 2.62. The van der Waals surface area contributed by atoms with Gasteiger partial charge < -0.3 is 4.74 Å². The van der Waals surface area contributed by atoms with Gasteiger partial charge in [0.1, 0.15) is 0 Å². The van der Waals surface area contributed by atoms with Gasteiger partial charge in [0, 0.05) is 11.0 Å². The van der Waals surface area contributed by atoms with Gasteiger partial charge in [0.25, 0.3) is 0 Å². The van der Waals surface area contributed by atoms with Crippen molar-refractivity contribution in [2.75, 3.05) is 24.2 Å². The minimum atomic E-state index is 0.0562. The largest absolute Gasteiger partial charge is 0.374 e. The van der Waals surface area contributed by atoms with E-state index in [9.17, 15) is 0 Å².